The summed E-state index contributed by atoms with van der Waals surface area (Å²) in [5, 5.41) is 8.28. The second-order valence-electron chi connectivity index (χ2n) is 1.09. The maximum Gasteiger partial charge on any atom is 0.234 e. The van der Waals surface area contributed by atoms with E-state index in [1.807, 2.05) is 6.92 Å². The highest BCUT2D eigenvalue weighted by Crippen LogP contribution is 1.92. The van der Waals surface area contributed by atoms with Crippen LogP contribution in [0.15, 0.2) is 0 Å². The smallest absolute Gasteiger partial charge is 0.208 e. The van der Waals surface area contributed by atoms with E-state index in [9.17, 15) is 0 Å². The Kier molecular flexibility index (Phi) is 2.02. The molecule has 0 saturated carbocycles. The molecule has 0 aliphatic rings. The third kappa shape index (κ3) is 3.83. The number of aliphatic hydroxyl groups is 1. The summed E-state index contributed by atoms with van der Waals surface area (Å²) in [7, 11) is 0. The van der Waals surface area contributed by atoms with Gasteiger partial charge in [-0.25, -0.2) is 5.11 Å². The van der Waals surface area contributed by atoms with Crippen molar-refractivity contribution in [2.24, 2.45) is 0 Å². The first kappa shape index (κ1) is 4.83. The lowest BCUT2D eigenvalue weighted by Gasteiger charge is -1.74. The average molecular weight is 73.1 g/mol. The number of rotatable bonds is 1. The van der Waals surface area contributed by atoms with E-state index < -0.39 is 0 Å². The van der Waals surface area contributed by atoms with E-state index in [-0.39, 0.29) is 0 Å². The van der Waals surface area contributed by atoms with Crippen LogP contribution in [0, 0.1) is 6.10 Å². The van der Waals surface area contributed by atoms with E-state index in [1.54, 1.807) is 6.92 Å². The molecule has 0 atom stereocenters. The molecule has 0 heterocycles. The van der Waals surface area contributed by atoms with Gasteiger partial charge in [0.25, 0.3) is 0 Å². The van der Waals surface area contributed by atoms with Gasteiger partial charge in [0, 0.05) is 0 Å². The molecule has 0 amide bonds. The fourth-order valence-electron chi connectivity index (χ4n) is 0. The maximum atomic E-state index is 8.28. The lowest BCUT2D eigenvalue weighted by atomic mass is 10.3. The Morgan fingerprint density at radius 1 is 1.80 bits per heavy atom. The van der Waals surface area contributed by atoms with Crippen molar-refractivity contribution in [3.63, 3.8) is 0 Å². The average Bonchev–Trinajstić information content (AvgIpc) is 1.38. The van der Waals surface area contributed by atoms with Gasteiger partial charge in [-0.2, -0.15) is 0 Å². The van der Waals surface area contributed by atoms with Crippen LogP contribution >= 0.6 is 0 Å². The standard InChI is InChI=1S/C4H9O/c1-3-4(2)5/h5H,3H2,1-2H3/q+1. The molecule has 5 heavy (non-hydrogen) atoms. The Labute approximate surface area is 32.6 Å². The molecule has 1 nitrogen and oxygen atoms in total. The zero-order valence-electron chi connectivity index (χ0n) is 3.65. The second kappa shape index (κ2) is 2.09. The SMILES string of the molecule is CC[C+](C)O. The normalized spacial score (nSPS) is 7.80. The summed E-state index contributed by atoms with van der Waals surface area (Å²) in [6.07, 6.45) is 1.28. The molecule has 0 bridgehead atoms. The van der Waals surface area contributed by atoms with Crippen molar-refractivity contribution in [2.75, 3.05) is 0 Å². The monoisotopic (exact) mass is 73.1 g/mol. The molecule has 0 spiro atoms. The van der Waals surface area contributed by atoms with Crippen LogP contribution in [-0.4, -0.2) is 5.11 Å². The topological polar surface area (TPSA) is 20.2 Å². The van der Waals surface area contributed by atoms with Gasteiger partial charge >= 0.3 is 0 Å². The van der Waals surface area contributed by atoms with Gasteiger partial charge in [-0.05, 0) is 6.92 Å². The minimum absolute atomic E-state index is 0.505. The van der Waals surface area contributed by atoms with Crippen molar-refractivity contribution in [3.05, 3.63) is 6.10 Å². The van der Waals surface area contributed by atoms with Gasteiger partial charge in [0.1, 0.15) is 13.3 Å². The molecule has 1 N–H and O–H groups in total. The van der Waals surface area contributed by atoms with Gasteiger partial charge in [-0.3, -0.25) is 0 Å². The van der Waals surface area contributed by atoms with E-state index in [0.29, 0.717) is 6.10 Å². The van der Waals surface area contributed by atoms with Gasteiger partial charge in [-0.1, -0.05) is 0 Å². The third-order valence-corrected chi connectivity index (χ3v) is 0.512. The summed E-state index contributed by atoms with van der Waals surface area (Å²) < 4.78 is 0. The molecule has 0 aromatic carbocycles. The van der Waals surface area contributed by atoms with Crippen molar-refractivity contribution in [2.45, 2.75) is 20.3 Å². The van der Waals surface area contributed by atoms with Crippen molar-refractivity contribution in [1.82, 2.24) is 0 Å². The van der Waals surface area contributed by atoms with Crippen LogP contribution in [0.5, 0.6) is 0 Å². The van der Waals surface area contributed by atoms with E-state index in [0.717, 1.165) is 6.42 Å². The predicted octanol–water partition coefficient (Wildman–Crippen LogP) is 1.32. The molecule has 0 fully saturated rings. The van der Waals surface area contributed by atoms with Crippen LogP contribution in [-0.2, 0) is 0 Å². The molecule has 0 aliphatic carbocycles. The highest BCUT2D eigenvalue weighted by molar-refractivity contribution is 4.60. The molecule has 0 saturated heterocycles. The Bertz CT molecular complexity index is 17.6. The lowest BCUT2D eigenvalue weighted by Crippen LogP contribution is -1.80. The molecule has 0 unspecified atom stereocenters. The first-order valence-corrected chi connectivity index (χ1v) is 1.78. The van der Waals surface area contributed by atoms with Crippen molar-refractivity contribution in [1.29, 1.82) is 0 Å². The van der Waals surface area contributed by atoms with Crippen molar-refractivity contribution >= 4 is 0 Å². The van der Waals surface area contributed by atoms with Gasteiger partial charge in [-0.15, -0.1) is 0 Å². The predicted molar refractivity (Wildman–Crippen MR) is 21.1 cm³/mol. The van der Waals surface area contributed by atoms with Crippen LogP contribution in [0.2, 0.25) is 0 Å². The lowest BCUT2D eigenvalue weighted by molar-refractivity contribution is 0.302. The summed E-state index contributed by atoms with van der Waals surface area (Å²) >= 11 is 0. The fraction of sp³-hybridized carbons (Fsp3) is 0.750. The molecular weight excluding hydrogens is 64.0 g/mol. The molecule has 0 aromatic rings. The van der Waals surface area contributed by atoms with Crippen molar-refractivity contribution in [3.8, 4) is 0 Å². The van der Waals surface area contributed by atoms with Crippen LogP contribution < -0.4 is 0 Å². The first-order chi connectivity index (χ1) is 2.27. The first-order valence-electron chi connectivity index (χ1n) is 1.78. The zero-order valence-corrected chi connectivity index (χ0v) is 3.65. The second-order valence-corrected chi connectivity index (χ2v) is 1.09. The third-order valence-electron chi connectivity index (χ3n) is 0.512. The van der Waals surface area contributed by atoms with Crippen LogP contribution in [0.1, 0.15) is 20.3 Å². The number of aliphatic hydroxyl groups excluding tert-OH is 1. The van der Waals surface area contributed by atoms with Crippen LogP contribution in [0.4, 0.5) is 0 Å². The van der Waals surface area contributed by atoms with Crippen LogP contribution in [0.3, 0.4) is 0 Å². The van der Waals surface area contributed by atoms with E-state index in [4.69, 9.17) is 5.11 Å². The molecule has 0 radical (unpaired) electrons. The van der Waals surface area contributed by atoms with E-state index >= 15 is 0 Å². The highest BCUT2D eigenvalue weighted by atomic mass is 16.3. The number of hydrogen-bond acceptors (Lipinski definition) is 1. The van der Waals surface area contributed by atoms with Crippen LogP contribution in [0.25, 0.3) is 0 Å². The van der Waals surface area contributed by atoms with Gasteiger partial charge < -0.3 is 0 Å². The Morgan fingerprint density at radius 3 is 2.00 bits per heavy atom. The minimum Gasteiger partial charge on any atom is -0.208 e. The van der Waals surface area contributed by atoms with Gasteiger partial charge in [0.2, 0.25) is 6.10 Å². The minimum atomic E-state index is 0.505. The van der Waals surface area contributed by atoms with Gasteiger partial charge in [0.15, 0.2) is 0 Å². The summed E-state index contributed by atoms with van der Waals surface area (Å²) in [5.41, 5.74) is 0. The number of hydrogen-bond donors (Lipinski definition) is 1. The molecule has 0 aliphatic heterocycles. The van der Waals surface area contributed by atoms with E-state index in [1.165, 1.54) is 0 Å². The van der Waals surface area contributed by atoms with E-state index in [2.05, 4.69) is 0 Å². The Morgan fingerprint density at radius 2 is 2.00 bits per heavy atom. The zero-order chi connectivity index (χ0) is 4.28. The maximum absolute atomic E-state index is 8.28. The summed E-state index contributed by atoms with van der Waals surface area (Å²) in [5.74, 6) is 0. The van der Waals surface area contributed by atoms with Gasteiger partial charge in [0.05, 0.1) is 0 Å². The quantitative estimate of drug-likeness (QED) is 0.464. The molecule has 0 aromatic heterocycles. The largest absolute Gasteiger partial charge is 0.234 e. The molecule has 1 heteroatoms. The Balaban J connectivity index is 2.54. The molecule has 0 rings (SSSR count). The molecular formula is C4H9O+. The fourth-order valence-corrected chi connectivity index (χ4v) is 0. The summed E-state index contributed by atoms with van der Waals surface area (Å²) in [6.45, 7) is 3.61. The summed E-state index contributed by atoms with van der Waals surface area (Å²) in [4.78, 5) is 0. The molecule has 30 valence electrons. The highest BCUT2D eigenvalue weighted by Gasteiger charge is 1.97. The summed E-state index contributed by atoms with van der Waals surface area (Å²) in [6, 6.07) is 0. The van der Waals surface area contributed by atoms with Crippen molar-refractivity contribution < 1.29 is 5.11 Å². The Hall–Kier alpha value is -0.170.